The monoisotopic (exact) mass is 359 g/mol. The Morgan fingerprint density at radius 2 is 2.00 bits per heavy atom. The van der Waals surface area contributed by atoms with Crippen LogP contribution in [0.2, 0.25) is 0 Å². The fourth-order valence-electron chi connectivity index (χ4n) is 2.89. The number of carboxylic acid groups (broad SMARTS) is 1. The first-order valence-electron chi connectivity index (χ1n) is 8.27. The Balaban J connectivity index is 1.97. The Morgan fingerprint density at radius 3 is 2.70 bits per heavy atom. The van der Waals surface area contributed by atoms with Crippen LogP contribution in [0.4, 0.5) is 5.69 Å². The Labute approximate surface area is 156 Å². The molecule has 0 aliphatic rings. The summed E-state index contributed by atoms with van der Waals surface area (Å²) in [6, 6.07) is 16.5. The molecule has 0 radical (unpaired) electrons. The van der Waals surface area contributed by atoms with Gasteiger partial charge in [0.1, 0.15) is 18.2 Å². The number of nitrogens with zero attached hydrogens (tertiary/aromatic N) is 2. The van der Waals surface area contributed by atoms with E-state index in [9.17, 15) is 14.9 Å². The lowest BCUT2D eigenvalue weighted by molar-refractivity contribution is -0.137. The molecule has 0 aliphatic carbocycles. The van der Waals surface area contributed by atoms with Gasteiger partial charge in [-0.05, 0) is 36.8 Å². The van der Waals surface area contributed by atoms with Crippen molar-refractivity contribution in [2.45, 2.75) is 13.5 Å². The molecule has 134 valence electrons. The third-order valence-corrected chi connectivity index (χ3v) is 4.07. The third-order valence-electron chi connectivity index (χ3n) is 4.07. The van der Waals surface area contributed by atoms with E-state index in [1.807, 2.05) is 49.4 Å². The molecule has 0 fully saturated rings. The Hall–Kier alpha value is -3.85. The minimum atomic E-state index is -0.969. The number of hydrogen-bond donors (Lipinski definition) is 2. The van der Waals surface area contributed by atoms with E-state index in [0.29, 0.717) is 11.3 Å². The van der Waals surface area contributed by atoms with Gasteiger partial charge in [0.15, 0.2) is 0 Å². The maximum atomic E-state index is 12.5. The van der Waals surface area contributed by atoms with Crippen LogP contribution in [0.3, 0.4) is 0 Å². The maximum absolute atomic E-state index is 12.5. The molecule has 1 amide bonds. The lowest BCUT2D eigenvalue weighted by Crippen LogP contribution is -2.13. The van der Waals surface area contributed by atoms with E-state index in [1.54, 1.807) is 22.9 Å². The second-order valence-corrected chi connectivity index (χ2v) is 6.12. The summed E-state index contributed by atoms with van der Waals surface area (Å²) in [6.45, 7) is 1.71. The number of carbonyl (C=O) groups excluding carboxylic acids is 1. The number of nitriles is 1. The summed E-state index contributed by atoms with van der Waals surface area (Å²) < 4.78 is 1.58. The summed E-state index contributed by atoms with van der Waals surface area (Å²) in [6.07, 6.45) is 3.11. The number of para-hydroxylation sites is 1. The number of amides is 1. The summed E-state index contributed by atoms with van der Waals surface area (Å²) in [5.74, 6) is -1.48. The molecule has 1 aromatic heterocycles. The van der Waals surface area contributed by atoms with Crippen molar-refractivity contribution < 1.29 is 14.7 Å². The Kier molecular flexibility index (Phi) is 5.04. The first kappa shape index (κ1) is 18.0. The van der Waals surface area contributed by atoms with Gasteiger partial charge in [0.2, 0.25) is 0 Å². The summed E-state index contributed by atoms with van der Waals surface area (Å²) in [4.78, 5) is 23.6. The van der Waals surface area contributed by atoms with E-state index < -0.39 is 11.9 Å². The van der Waals surface area contributed by atoms with Gasteiger partial charge >= 0.3 is 5.97 Å². The summed E-state index contributed by atoms with van der Waals surface area (Å²) in [5, 5.41) is 22.0. The first-order valence-corrected chi connectivity index (χ1v) is 8.27. The minimum Gasteiger partial charge on any atom is -0.480 e. The molecule has 27 heavy (non-hydrogen) atoms. The topological polar surface area (TPSA) is 95.1 Å². The number of rotatable bonds is 5. The van der Waals surface area contributed by atoms with E-state index in [1.165, 1.54) is 6.08 Å². The number of hydrogen-bond acceptors (Lipinski definition) is 3. The number of carboxylic acids is 1. The third kappa shape index (κ3) is 4.05. The predicted octanol–water partition coefficient (Wildman–Crippen LogP) is 3.58. The highest BCUT2D eigenvalue weighted by Crippen LogP contribution is 2.24. The smallest absolute Gasteiger partial charge is 0.323 e. The normalized spacial score (nSPS) is 11.2. The maximum Gasteiger partial charge on any atom is 0.323 e. The van der Waals surface area contributed by atoms with Crippen LogP contribution in [0.5, 0.6) is 0 Å². The molecule has 1 heterocycles. The zero-order valence-corrected chi connectivity index (χ0v) is 14.6. The SMILES string of the molecule is Cc1cccc(NC(=O)/C(C#N)=C\c2cn(CC(=O)O)c3ccccc23)c1. The number of benzene rings is 2. The second-order valence-electron chi connectivity index (χ2n) is 6.12. The largest absolute Gasteiger partial charge is 0.480 e. The molecule has 0 unspecified atom stereocenters. The highest BCUT2D eigenvalue weighted by Gasteiger charge is 2.13. The number of fused-ring (bicyclic) bond motifs is 1. The molecular weight excluding hydrogens is 342 g/mol. The molecule has 6 heteroatoms. The molecule has 0 aliphatic heterocycles. The number of carbonyl (C=O) groups is 2. The molecule has 2 aromatic carbocycles. The van der Waals surface area contributed by atoms with Gasteiger partial charge in [-0.1, -0.05) is 30.3 Å². The van der Waals surface area contributed by atoms with E-state index in [4.69, 9.17) is 5.11 Å². The van der Waals surface area contributed by atoms with Gasteiger partial charge < -0.3 is 15.0 Å². The number of anilines is 1. The van der Waals surface area contributed by atoms with Crippen LogP contribution in [0.25, 0.3) is 17.0 Å². The summed E-state index contributed by atoms with van der Waals surface area (Å²) in [7, 11) is 0. The molecule has 3 rings (SSSR count). The van der Waals surface area contributed by atoms with E-state index >= 15 is 0 Å². The Morgan fingerprint density at radius 1 is 1.22 bits per heavy atom. The molecule has 3 aromatic rings. The van der Waals surface area contributed by atoms with Crippen molar-refractivity contribution in [3.63, 3.8) is 0 Å². The number of aromatic nitrogens is 1. The van der Waals surface area contributed by atoms with E-state index in [-0.39, 0.29) is 12.1 Å². The highest BCUT2D eigenvalue weighted by atomic mass is 16.4. The standard InChI is InChI=1S/C21H17N3O3/c1-14-5-4-6-17(9-14)23-21(27)15(11-22)10-16-12-24(13-20(25)26)19-8-3-2-7-18(16)19/h2-10,12H,13H2,1H3,(H,23,27)(H,25,26)/b15-10-. The van der Waals surface area contributed by atoms with Crippen molar-refractivity contribution in [1.82, 2.24) is 4.57 Å². The molecule has 6 nitrogen and oxygen atoms in total. The van der Waals surface area contributed by atoms with Gasteiger partial charge in [-0.3, -0.25) is 9.59 Å². The summed E-state index contributed by atoms with van der Waals surface area (Å²) in [5.41, 5.74) is 2.88. The van der Waals surface area contributed by atoms with Gasteiger partial charge in [0.25, 0.3) is 5.91 Å². The summed E-state index contributed by atoms with van der Waals surface area (Å²) >= 11 is 0. The van der Waals surface area contributed by atoms with E-state index in [0.717, 1.165) is 16.5 Å². The molecule has 0 bridgehead atoms. The molecule has 0 atom stereocenters. The number of aryl methyl sites for hydroxylation is 1. The molecule has 0 spiro atoms. The lowest BCUT2D eigenvalue weighted by atomic mass is 10.1. The molecule has 2 N–H and O–H groups in total. The number of aliphatic carboxylic acids is 1. The average Bonchev–Trinajstić information content (AvgIpc) is 2.96. The van der Waals surface area contributed by atoms with Crippen LogP contribution in [-0.4, -0.2) is 21.6 Å². The number of nitrogens with one attached hydrogen (secondary N) is 1. The average molecular weight is 359 g/mol. The fourth-order valence-corrected chi connectivity index (χ4v) is 2.89. The van der Waals surface area contributed by atoms with Crippen molar-refractivity contribution in [2.24, 2.45) is 0 Å². The van der Waals surface area contributed by atoms with Crippen LogP contribution in [0.1, 0.15) is 11.1 Å². The van der Waals surface area contributed by atoms with Gasteiger partial charge in [-0.15, -0.1) is 0 Å². The van der Waals surface area contributed by atoms with Crippen LogP contribution >= 0.6 is 0 Å². The predicted molar refractivity (Wildman–Crippen MR) is 103 cm³/mol. The molecular formula is C21H17N3O3. The first-order chi connectivity index (χ1) is 13.0. The fraction of sp³-hybridized carbons (Fsp3) is 0.0952. The van der Waals surface area contributed by atoms with Crippen LogP contribution in [0.15, 0.2) is 60.3 Å². The molecule has 0 saturated carbocycles. The van der Waals surface area contributed by atoms with Gasteiger partial charge in [-0.2, -0.15) is 5.26 Å². The van der Waals surface area contributed by atoms with Crippen LogP contribution in [-0.2, 0) is 16.1 Å². The zero-order chi connectivity index (χ0) is 19.4. The van der Waals surface area contributed by atoms with Gasteiger partial charge in [0, 0.05) is 28.4 Å². The van der Waals surface area contributed by atoms with Crippen molar-refractivity contribution in [3.05, 3.63) is 71.4 Å². The lowest BCUT2D eigenvalue weighted by Gasteiger charge is -2.05. The van der Waals surface area contributed by atoms with Crippen molar-refractivity contribution in [1.29, 1.82) is 5.26 Å². The van der Waals surface area contributed by atoms with E-state index in [2.05, 4.69) is 5.32 Å². The second kappa shape index (κ2) is 7.58. The molecule has 0 saturated heterocycles. The quantitative estimate of drug-likeness (QED) is 0.538. The van der Waals surface area contributed by atoms with Crippen LogP contribution in [0, 0.1) is 18.3 Å². The Bertz CT molecular complexity index is 1100. The van der Waals surface area contributed by atoms with Gasteiger partial charge in [0.05, 0.1) is 0 Å². The zero-order valence-electron chi connectivity index (χ0n) is 14.6. The minimum absolute atomic E-state index is 0.0604. The van der Waals surface area contributed by atoms with Gasteiger partial charge in [-0.25, -0.2) is 0 Å². The van der Waals surface area contributed by atoms with Crippen molar-refractivity contribution >= 4 is 34.5 Å². The van der Waals surface area contributed by atoms with Crippen molar-refractivity contribution in [2.75, 3.05) is 5.32 Å². The van der Waals surface area contributed by atoms with Crippen LogP contribution < -0.4 is 5.32 Å². The highest BCUT2D eigenvalue weighted by molar-refractivity contribution is 6.10. The van der Waals surface area contributed by atoms with Crippen molar-refractivity contribution in [3.8, 4) is 6.07 Å².